The molecule has 0 amide bonds. The van der Waals surface area contributed by atoms with Crippen LogP contribution in [-0.4, -0.2) is 21.7 Å². The zero-order valence-electron chi connectivity index (χ0n) is 9.18. The zero-order valence-corrected chi connectivity index (χ0v) is 9.18. The van der Waals surface area contributed by atoms with Crippen LogP contribution in [0.5, 0.6) is 0 Å². The molecule has 2 rings (SSSR count). The van der Waals surface area contributed by atoms with E-state index in [1.165, 1.54) is 5.56 Å². The van der Waals surface area contributed by atoms with Gasteiger partial charge in [0, 0.05) is 19.3 Å². The fourth-order valence-electron chi connectivity index (χ4n) is 1.38. The molecule has 0 spiro atoms. The van der Waals surface area contributed by atoms with Gasteiger partial charge in [0.15, 0.2) is 0 Å². The SMILES string of the molecule is Cc1nnc(CNCCc2cccnc2)o1. The number of nitrogens with one attached hydrogen (secondary N) is 1. The lowest BCUT2D eigenvalue weighted by atomic mass is 10.2. The van der Waals surface area contributed by atoms with E-state index in [4.69, 9.17) is 4.42 Å². The Morgan fingerprint density at radius 2 is 2.31 bits per heavy atom. The molecule has 5 nitrogen and oxygen atoms in total. The molecular weight excluding hydrogens is 204 g/mol. The van der Waals surface area contributed by atoms with Crippen LogP contribution in [0, 0.1) is 6.92 Å². The van der Waals surface area contributed by atoms with E-state index in [0.29, 0.717) is 18.3 Å². The van der Waals surface area contributed by atoms with Gasteiger partial charge in [0.25, 0.3) is 0 Å². The van der Waals surface area contributed by atoms with E-state index in [1.807, 2.05) is 12.3 Å². The maximum atomic E-state index is 5.24. The van der Waals surface area contributed by atoms with Crippen molar-refractivity contribution in [1.29, 1.82) is 0 Å². The molecule has 2 aromatic heterocycles. The highest BCUT2D eigenvalue weighted by Crippen LogP contribution is 1.98. The largest absolute Gasteiger partial charge is 0.424 e. The Kier molecular flexibility index (Phi) is 3.61. The third-order valence-electron chi connectivity index (χ3n) is 2.16. The van der Waals surface area contributed by atoms with E-state index in [0.717, 1.165) is 13.0 Å². The van der Waals surface area contributed by atoms with Gasteiger partial charge in [0.2, 0.25) is 11.8 Å². The van der Waals surface area contributed by atoms with Crippen LogP contribution in [0.4, 0.5) is 0 Å². The normalized spacial score (nSPS) is 10.6. The fourth-order valence-corrected chi connectivity index (χ4v) is 1.38. The van der Waals surface area contributed by atoms with Crippen molar-refractivity contribution in [2.45, 2.75) is 19.9 Å². The Bertz CT molecular complexity index is 427. The van der Waals surface area contributed by atoms with Gasteiger partial charge in [-0.1, -0.05) is 6.07 Å². The molecular formula is C11H14N4O. The average molecular weight is 218 g/mol. The van der Waals surface area contributed by atoms with E-state index in [1.54, 1.807) is 13.1 Å². The highest BCUT2D eigenvalue weighted by atomic mass is 16.4. The maximum absolute atomic E-state index is 5.24. The molecule has 0 unspecified atom stereocenters. The summed E-state index contributed by atoms with van der Waals surface area (Å²) < 4.78 is 5.24. The van der Waals surface area contributed by atoms with Gasteiger partial charge in [-0.3, -0.25) is 4.98 Å². The van der Waals surface area contributed by atoms with Crippen LogP contribution in [0.2, 0.25) is 0 Å². The first kappa shape index (κ1) is 10.8. The smallest absolute Gasteiger partial charge is 0.230 e. The van der Waals surface area contributed by atoms with Gasteiger partial charge >= 0.3 is 0 Å². The average Bonchev–Trinajstić information content (AvgIpc) is 2.72. The van der Waals surface area contributed by atoms with Crippen molar-refractivity contribution >= 4 is 0 Å². The lowest BCUT2D eigenvalue weighted by molar-refractivity contribution is 0.448. The Morgan fingerprint density at radius 3 is 3.00 bits per heavy atom. The molecule has 1 N–H and O–H groups in total. The summed E-state index contributed by atoms with van der Waals surface area (Å²) in [6, 6.07) is 4.00. The number of nitrogens with zero attached hydrogens (tertiary/aromatic N) is 3. The number of aryl methyl sites for hydroxylation is 1. The minimum absolute atomic E-state index is 0.601. The van der Waals surface area contributed by atoms with Crippen molar-refractivity contribution in [3.8, 4) is 0 Å². The van der Waals surface area contributed by atoms with Crippen LogP contribution >= 0.6 is 0 Å². The standard InChI is InChI=1S/C11H14N4O/c1-9-14-15-11(16-9)8-13-6-4-10-3-2-5-12-7-10/h2-3,5,7,13H,4,6,8H2,1H3. The van der Waals surface area contributed by atoms with Crippen LogP contribution in [-0.2, 0) is 13.0 Å². The topological polar surface area (TPSA) is 63.8 Å². The lowest BCUT2D eigenvalue weighted by Gasteiger charge is -2.01. The summed E-state index contributed by atoms with van der Waals surface area (Å²) in [6.45, 7) is 3.26. The molecule has 2 heterocycles. The maximum Gasteiger partial charge on any atom is 0.230 e. The number of hydrogen-bond donors (Lipinski definition) is 1. The van der Waals surface area contributed by atoms with E-state index < -0.39 is 0 Å². The molecule has 0 aliphatic carbocycles. The highest BCUT2D eigenvalue weighted by Gasteiger charge is 2.00. The molecule has 0 saturated carbocycles. The van der Waals surface area contributed by atoms with Crippen LogP contribution in [0.15, 0.2) is 28.9 Å². The lowest BCUT2D eigenvalue weighted by Crippen LogP contribution is -2.16. The molecule has 0 aliphatic heterocycles. The highest BCUT2D eigenvalue weighted by molar-refractivity contribution is 5.08. The Morgan fingerprint density at radius 1 is 1.38 bits per heavy atom. The van der Waals surface area contributed by atoms with Gasteiger partial charge < -0.3 is 9.73 Å². The van der Waals surface area contributed by atoms with Crippen LogP contribution in [0.25, 0.3) is 0 Å². The quantitative estimate of drug-likeness (QED) is 0.761. The second kappa shape index (κ2) is 5.37. The molecule has 0 aromatic carbocycles. The van der Waals surface area contributed by atoms with Crippen LogP contribution < -0.4 is 5.32 Å². The van der Waals surface area contributed by atoms with Crippen molar-refractivity contribution in [1.82, 2.24) is 20.5 Å². The molecule has 5 heteroatoms. The predicted octanol–water partition coefficient (Wildman–Crippen LogP) is 1.11. The van der Waals surface area contributed by atoms with Gasteiger partial charge in [-0.2, -0.15) is 0 Å². The predicted molar refractivity (Wildman–Crippen MR) is 58.7 cm³/mol. The monoisotopic (exact) mass is 218 g/mol. The summed E-state index contributed by atoms with van der Waals surface area (Å²) in [7, 11) is 0. The van der Waals surface area contributed by atoms with Gasteiger partial charge in [-0.25, -0.2) is 0 Å². The molecule has 0 atom stereocenters. The summed E-state index contributed by atoms with van der Waals surface area (Å²) in [5.41, 5.74) is 1.22. The Balaban J connectivity index is 1.69. The first-order chi connectivity index (χ1) is 7.84. The van der Waals surface area contributed by atoms with Gasteiger partial charge in [-0.05, 0) is 24.6 Å². The van der Waals surface area contributed by atoms with Gasteiger partial charge in [0.1, 0.15) is 0 Å². The summed E-state index contributed by atoms with van der Waals surface area (Å²) in [5, 5.41) is 10.9. The number of hydrogen-bond acceptors (Lipinski definition) is 5. The Labute approximate surface area is 93.9 Å². The van der Waals surface area contributed by atoms with E-state index in [9.17, 15) is 0 Å². The van der Waals surface area contributed by atoms with E-state index in [-0.39, 0.29) is 0 Å². The summed E-state index contributed by atoms with van der Waals surface area (Å²) in [4.78, 5) is 4.06. The molecule has 84 valence electrons. The molecule has 0 bridgehead atoms. The third-order valence-corrected chi connectivity index (χ3v) is 2.16. The van der Waals surface area contributed by atoms with Gasteiger partial charge in [-0.15, -0.1) is 10.2 Å². The molecule has 2 aromatic rings. The minimum Gasteiger partial charge on any atom is -0.424 e. The second-order valence-electron chi connectivity index (χ2n) is 3.50. The molecule has 0 fully saturated rings. The number of pyridine rings is 1. The van der Waals surface area contributed by atoms with Crippen molar-refractivity contribution in [2.75, 3.05) is 6.54 Å². The van der Waals surface area contributed by atoms with E-state index in [2.05, 4.69) is 26.6 Å². The minimum atomic E-state index is 0.601. The third kappa shape index (κ3) is 3.13. The number of rotatable bonds is 5. The van der Waals surface area contributed by atoms with Crippen molar-refractivity contribution in [3.63, 3.8) is 0 Å². The van der Waals surface area contributed by atoms with Crippen molar-refractivity contribution in [2.24, 2.45) is 0 Å². The molecule has 0 saturated heterocycles. The molecule has 16 heavy (non-hydrogen) atoms. The van der Waals surface area contributed by atoms with E-state index >= 15 is 0 Å². The Hall–Kier alpha value is -1.75. The first-order valence-electron chi connectivity index (χ1n) is 5.23. The summed E-state index contributed by atoms with van der Waals surface area (Å²) in [5.74, 6) is 1.23. The molecule has 0 radical (unpaired) electrons. The molecule has 0 aliphatic rings. The van der Waals surface area contributed by atoms with Crippen molar-refractivity contribution < 1.29 is 4.42 Å². The fraction of sp³-hybridized carbons (Fsp3) is 0.364. The van der Waals surface area contributed by atoms with Crippen LogP contribution in [0.3, 0.4) is 0 Å². The summed E-state index contributed by atoms with van der Waals surface area (Å²) >= 11 is 0. The van der Waals surface area contributed by atoms with Crippen molar-refractivity contribution in [3.05, 3.63) is 41.9 Å². The first-order valence-corrected chi connectivity index (χ1v) is 5.23. The summed E-state index contributed by atoms with van der Waals surface area (Å²) in [6.07, 6.45) is 4.59. The van der Waals surface area contributed by atoms with Gasteiger partial charge in [0.05, 0.1) is 6.54 Å². The number of aromatic nitrogens is 3. The second-order valence-corrected chi connectivity index (χ2v) is 3.50. The zero-order chi connectivity index (χ0) is 11.2. The van der Waals surface area contributed by atoms with Crippen LogP contribution in [0.1, 0.15) is 17.3 Å².